The van der Waals surface area contributed by atoms with Crippen molar-refractivity contribution in [2.75, 3.05) is 12.4 Å². The minimum absolute atomic E-state index is 0.316. The van der Waals surface area contributed by atoms with E-state index in [9.17, 15) is 4.79 Å². The highest BCUT2D eigenvalue weighted by Gasteiger charge is 2.04. The van der Waals surface area contributed by atoms with E-state index in [-0.39, 0.29) is 5.97 Å². The molecule has 1 heterocycles. The summed E-state index contributed by atoms with van der Waals surface area (Å²) in [4.78, 5) is 11.3. The molecule has 2 rings (SSSR count). The standard InChI is InChI=1S/C14H16N2O2/c1-16-9-3-4-13(16)10-15-12-7-5-11(6-8-12)14(17)18-2/h3-9,15H,10H2,1-2H3. The molecule has 18 heavy (non-hydrogen) atoms. The molecule has 1 N–H and O–H groups in total. The molecule has 0 saturated carbocycles. The number of nitrogens with one attached hydrogen (secondary N) is 1. The van der Waals surface area contributed by atoms with Gasteiger partial charge in [-0.3, -0.25) is 0 Å². The highest BCUT2D eigenvalue weighted by atomic mass is 16.5. The molecule has 1 aromatic carbocycles. The van der Waals surface area contributed by atoms with Crippen LogP contribution in [0.3, 0.4) is 0 Å². The molecular formula is C14H16N2O2. The molecule has 2 aromatic rings. The van der Waals surface area contributed by atoms with Gasteiger partial charge in [0.25, 0.3) is 0 Å². The Labute approximate surface area is 106 Å². The molecule has 0 atom stereocenters. The Balaban J connectivity index is 1.98. The number of hydrogen-bond donors (Lipinski definition) is 1. The summed E-state index contributed by atoms with van der Waals surface area (Å²) in [6.45, 7) is 0.751. The number of nitrogens with zero attached hydrogens (tertiary/aromatic N) is 1. The number of aromatic nitrogens is 1. The molecule has 0 bridgehead atoms. The lowest BCUT2D eigenvalue weighted by Crippen LogP contribution is -2.05. The highest BCUT2D eigenvalue weighted by Crippen LogP contribution is 2.12. The minimum Gasteiger partial charge on any atom is -0.465 e. The van der Waals surface area contributed by atoms with E-state index >= 15 is 0 Å². The van der Waals surface area contributed by atoms with Crippen molar-refractivity contribution < 1.29 is 9.53 Å². The Bertz CT molecular complexity index is 529. The smallest absolute Gasteiger partial charge is 0.337 e. The van der Waals surface area contributed by atoms with Crippen LogP contribution in [0.4, 0.5) is 5.69 Å². The number of carbonyl (C=O) groups is 1. The predicted molar refractivity (Wildman–Crippen MR) is 70.5 cm³/mol. The van der Waals surface area contributed by atoms with Gasteiger partial charge in [0.2, 0.25) is 0 Å². The van der Waals surface area contributed by atoms with E-state index in [0.29, 0.717) is 5.56 Å². The summed E-state index contributed by atoms with van der Waals surface area (Å²) >= 11 is 0. The second-order valence-corrected chi connectivity index (χ2v) is 4.03. The summed E-state index contributed by atoms with van der Waals surface area (Å²) in [5, 5.41) is 3.30. The summed E-state index contributed by atoms with van der Waals surface area (Å²) in [5.74, 6) is -0.316. The van der Waals surface area contributed by atoms with Crippen LogP contribution in [0.15, 0.2) is 42.6 Å². The third-order valence-electron chi connectivity index (χ3n) is 2.83. The van der Waals surface area contributed by atoms with Crippen molar-refractivity contribution in [3.8, 4) is 0 Å². The number of hydrogen-bond acceptors (Lipinski definition) is 3. The van der Waals surface area contributed by atoms with Gasteiger partial charge in [0, 0.05) is 24.6 Å². The van der Waals surface area contributed by atoms with Crippen LogP contribution in [0.2, 0.25) is 0 Å². The zero-order valence-corrected chi connectivity index (χ0v) is 10.5. The number of aryl methyl sites for hydroxylation is 1. The Morgan fingerprint density at radius 2 is 2.00 bits per heavy atom. The van der Waals surface area contributed by atoms with Crippen molar-refractivity contribution in [2.45, 2.75) is 6.54 Å². The van der Waals surface area contributed by atoms with E-state index in [1.54, 1.807) is 12.1 Å². The van der Waals surface area contributed by atoms with Crippen molar-refractivity contribution in [3.05, 3.63) is 53.9 Å². The molecule has 0 spiro atoms. The van der Waals surface area contributed by atoms with E-state index in [2.05, 4.69) is 20.7 Å². The predicted octanol–water partition coefficient (Wildman–Crippen LogP) is 2.42. The lowest BCUT2D eigenvalue weighted by atomic mass is 10.2. The Hall–Kier alpha value is -2.23. The Morgan fingerprint density at radius 3 is 2.56 bits per heavy atom. The van der Waals surface area contributed by atoms with Gasteiger partial charge in [-0.2, -0.15) is 0 Å². The first-order valence-electron chi connectivity index (χ1n) is 5.73. The first-order valence-corrected chi connectivity index (χ1v) is 5.73. The number of anilines is 1. The summed E-state index contributed by atoms with van der Waals surface area (Å²) in [5.41, 5.74) is 2.73. The van der Waals surface area contributed by atoms with Crippen LogP contribution in [0, 0.1) is 0 Å². The fraction of sp³-hybridized carbons (Fsp3) is 0.214. The minimum atomic E-state index is -0.316. The lowest BCUT2D eigenvalue weighted by Gasteiger charge is -2.08. The monoisotopic (exact) mass is 244 g/mol. The molecule has 0 fully saturated rings. The molecule has 94 valence electrons. The van der Waals surface area contributed by atoms with Gasteiger partial charge in [0.05, 0.1) is 19.2 Å². The van der Waals surface area contributed by atoms with Crippen LogP contribution in [0.1, 0.15) is 16.1 Å². The van der Waals surface area contributed by atoms with E-state index in [1.807, 2.05) is 31.4 Å². The van der Waals surface area contributed by atoms with Gasteiger partial charge < -0.3 is 14.6 Å². The molecule has 1 aromatic heterocycles. The number of esters is 1. The first kappa shape index (κ1) is 12.2. The molecule has 0 saturated heterocycles. The van der Waals surface area contributed by atoms with E-state index < -0.39 is 0 Å². The molecule has 0 aliphatic heterocycles. The quantitative estimate of drug-likeness (QED) is 0.840. The SMILES string of the molecule is COC(=O)c1ccc(NCc2cccn2C)cc1. The van der Waals surface area contributed by atoms with Crippen LogP contribution in [-0.4, -0.2) is 17.6 Å². The average Bonchev–Trinajstić information content (AvgIpc) is 2.81. The van der Waals surface area contributed by atoms with Crippen LogP contribution < -0.4 is 5.32 Å². The van der Waals surface area contributed by atoms with Crippen molar-refractivity contribution in [2.24, 2.45) is 7.05 Å². The van der Waals surface area contributed by atoms with Gasteiger partial charge in [0.1, 0.15) is 0 Å². The van der Waals surface area contributed by atoms with E-state index in [1.165, 1.54) is 12.8 Å². The Morgan fingerprint density at radius 1 is 1.28 bits per heavy atom. The molecule has 0 radical (unpaired) electrons. The van der Waals surface area contributed by atoms with Gasteiger partial charge in [0.15, 0.2) is 0 Å². The lowest BCUT2D eigenvalue weighted by molar-refractivity contribution is 0.0601. The molecule has 0 unspecified atom stereocenters. The third kappa shape index (κ3) is 2.71. The molecule has 4 heteroatoms. The van der Waals surface area contributed by atoms with Gasteiger partial charge in [-0.05, 0) is 36.4 Å². The number of methoxy groups -OCH3 is 1. The molecule has 0 aliphatic rings. The first-order chi connectivity index (χ1) is 8.70. The fourth-order valence-electron chi connectivity index (χ4n) is 1.71. The zero-order chi connectivity index (χ0) is 13.0. The molecule has 0 amide bonds. The van der Waals surface area contributed by atoms with Crippen LogP contribution in [0.25, 0.3) is 0 Å². The van der Waals surface area contributed by atoms with E-state index in [0.717, 1.165) is 12.2 Å². The van der Waals surface area contributed by atoms with Crippen molar-refractivity contribution >= 4 is 11.7 Å². The number of carbonyl (C=O) groups excluding carboxylic acids is 1. The molecule has 0 aliphatic carbocycles. The summed E-state index contributed by atoms with van der Waals surface area (Å²) < 4.78 is 6.71. The maximum Gasteiger partial charge on any atom is 0.337 e. The van der Waals surface area contributed by atoms with Gasteiger partial charge in [-0.1, -0.05) is 0 Å². The van der Waals surface area contributed by atoms with Crippen molar-refractivity contribution in [3.63, 3.8) is 0 Å². The maximum atomic E-state index is 11.3. The normalized spacial score (nSPS) is 10.1. The van der Waals surface area contributed by atoms with Crippen molar-refractivity contribution in [1.29, 1.82) is 0 Å². The number of ether oxygens (including phenoxy) is 1. The number of rotatable bonds is 4. The van der Waals surface area contributed by atoms with Crippen LogP contribution in [-0.2, 0) is 18.3 Å². The average molecular weight is 244 g/mol. The summed E-state index contributed by atoms with van der Waals surface area (Å²) in [7, 11) is 3.39. The van der Waals surface area contributed by atoms with Gasteiger partial charge >= 0.3 is 5.97 Å². The van der Waals surface area contributed by atoms with Gasteiger partial charge in [-0.25, -0.2) is 4.79 Å². The second kappa shape index (κ2) is 5.40. The fourth-order valence-corrected chi connectivity index (χ4v) is 1.71. The Kier molecular flexibility index (Phi) is 3.67. The third-order valence-corrected chi connectivity index (χ3v) is 2.83. The maximum absolute atomic E-state index is 11.3. The number of benzene rings is 1. The molecule has 4 nitrogen and oxygen atoms in total. The summed E-state index contributed by atoms with van der Waals surface area (Å²) in [6, 6.07) is 11.3. The topological polar surface area (TPSA) is 43.3 Å². The van der Waals surface area contributed by atoms with Crippen LogP contribution >= 0.6 is 0 Å². The zero-order valence-electron chi connectivity index (χ0n) is 10.5. The highest BCUT2D eigenvalue weighted by molar-refractivity contribution is 5.89. The van der Waals surface area contributed by atoms with Gasteiger partial charge in [-0.15, -0.1) is 0 Å². The van der Waals surface area contributed by atoms with Crippen molar-refractivity contribution in [1.82, 2.24) is 4.57 Å². The van der Waals surface area contributed by atoms with E-state index in [4.69, 9.17) is 0 Å². The largest absolute Gasteiger partial charge is 0.465 e. The molecular weight excluding hydrogens is 228 g/mol. The summed E-state index contributed by atoms with van der Waals surface area (Å²) in [6.07, 6.45) is 2.01. The van der Waals surface area contributed by atoms with Crippen LogP contribution in [0.5, 0.6) is 0 Å². The second-order valence-electron chi connectivity index (χ2n) is 4.03.